The Morgan fingerprint density at radius 3 is 2.50 bits per heavy atom. The quantitative estimate of drug-likeness (QED) is 0.840. The van der Waals surface area contributed by atoms with Gasteiger partial charge in [-0.3, -0.25) is 4.79 Å². The average Bonchev–Trinajstić information content (AvgIpc) is 2.29. The van der Waals surface area contributed by atoms with E-state index in [4.69, 9.17) is 11.6 Å². The van der Waals surface area contributed by atoms with Gasteiger partial charge in [0.1, 0.15) is 0 Å². The predicted octanol–water partition coefficient (Wildman–Crippen LogP) is 3.19. The second-order valence-electron chi connectivity index (χ2n) is 3.85. The van der Waals surface area contributed by atoms with E-state index in [9.17, 15) is 4.79 Å². The van der Waals surface area contributed by atoms with Crippen LogP contribution in [0.15, 0.2) is 24.3 Å². The van der Waals surface area contributed by atoms with Crippen LogP contribution in [0.5, 0.6) is 0 Å². The number of benzene rings is 1. The van der Waals surface area contributed by atoms with Crippen molar-refractivity contribution < 1.29 is 4.79 Å². The molecule has 0 spiro atoms. The Morgan fingerprint density at radius 1 is 1.31 bits per heavy atom. The van der Waals surface area contributed by atoms with Crippen LogP contribution < -0.4 is 5.32 Å². The van der Waals surface area contributed by atoms with Gasteiger partial charge in [-0.05, 0) is 24.5 Å². The van der Waals surface area contributed by atoms with E-state index in [1.54, 1.807) is 6.07 Å². The standard InChI is InChI=1S/C13H18ClNO/c1-3-11(4-2)15-13(16)9-10-7-5-6-8-12(10)14/h5-8,11H,3-4,9H2,1-2H3,(H,15,16). The molecule has 0 bridgehead atoms. The third-order valence-corrected chi connectivity index (χ3v) is 3.03. The molecule has 0 aromatic heterocycles. The molecule has 3 heteroatoms. The number of amides is 1. The minimum absolute atomic E-state index is 0.0433. The van der Waals surface area contributed by atoms with E-state index in [1.807, 2.05) is 18.2 Å². The highest BCUT2D eigenvalue weighted by atomic mass is 35.5. The van der Waals surface area contributed by atoms with Crippen LogP contribution >= 0.6 is 11.6 Å². The average molecular weight is 240 g/mol. The van der Waals surface area contributed by atoms with Crippen LogP contribution in [0, 0.1) is 0 Å². The van der Waals surface area contributed by atoms with Crippen molar-refractivity contribution in [3.8, 4) is 0 Å². The molecule has 0 radical (unpaired) electrons. The number of hydrogen-bond donors (Lipinski definition) is 1. The molecule has 1 aromatic carbocycles. The Bertz CT molecular complexity index is 348. The van der Waals surface area contributed by atoms with Gasteiger partial charge in [0.05, 0.1) is 6.42 Å². The zero-order chi connectivity index (χ0) is 12.0. The molecule has 2 nitrogen and oxygen atoms in total. The molecule has 1 aromatic rings. The van der Waals surface area contributed by atoms with Gasteiger partial charge < -0.3 is 5.32 Å². The third-order valence-electron chi connectivity index (χ3n) is 2.66. The fourth-order valence-electron chi connectivity index (χ4n) is 1.59. The summed E-state index contributed by atoms with van der Waals surface area (Å²) in [5.74, 6) is 0.0433. The SMILES string of the molecule is CCC(CC)NC(=O)Cc1ccccc1Cl. The summed E-state index contributed by atoms with van der Waals surface area (Å²) in [7, 11) is 0. The van der Waals surface area contributed by atoms with Gasteiger partial charge >= 0.3 is 0 Å². The fraction of sp³-hybridized carbons (Fsp3) is 0.462. The molecule has 0 aliphatic heterocycles. The summed E-state index contributed by atoms with van der Waals surface area (Å²) in [6, 6.07) is 7.72. The van der Waals surface area contributed by atoms with Crippen molar-refractivity contribution in [1.29, 1.82) is 0 Å². The second-order valence-corrected chi connectivity index (χ2v) is 4.26. The Kier molecular flexibility index (Phi) is 5.33. The Labute approximate surface area is 102 Å². The van der Waals surface area contributed by atoms with E-state index in [-0.39, 0.29) is 11.9 Å². The lowest BCUT2D eigenvalue weighted by Crippen LogP contribution is -2.34. The van der Waals surface area contributed by atoms with Crippen molar-refractivity contribution >= 4 is 17.5 Å². The minimum atomic E-state index is 0.0433. The van der Waals surface area contributed by atoms with Gasteiger partial charge in [-0.2, -0.15) is 0 Å². The maximum Gasteiger partial charge on any atom is 0.224 e. The van der Waals surface area contributed by atoms with E-state index in [0.29, 0.717) is 11.4 Å². The summed E-state index contributed by atoms with van der Waals surface area (Å²) in [5.41, 5.74) is 0.882. The molecule has 0 unspecified atom stereocenters. The third kappa shape index (κ3) is 3.86. The van der Waals surface area contributed by atoms with Crippen LogP contribution in [0.4, 0.5) is 0 Å². The number of rotatable bonds is 5. The van der Waals surface area contributed by atoms with Crippen LogP contribution in [0.3, 0.4) is 0 Å². The van der Waals surface area contributed by atoms with Crippen molar-refractivity contribution in [2.24, 2.45) is 0 Å². The number of hydrogen-bond acceptors (Lipinski definition) is 1. The van der Waals surface area contributed by atoms with E-state index in [0.717, 1.165) is 18.4 Å². The van der Waals surface area contributed by atoms with Gasteiger partial charge in [0.2, 0.25) is 5.91 Å². The van der Waals surface area contributed by atoms with Crippen molar-refractivity contribution in [3.05, 3.63) is 34.9 Å². The molecule has 1 rings (SSSR count). The number of carbonyl (C=O) groups is 1. The van der Waals surface area contributed by atoms with Crippen molar-refractivity contribution in [2.45, 2.75) is 39.2 Å². The summed E-state index contributed by atoms with van der Waals surface area (Å²) in [6.45, 7) is 4.15. The largest absolute Gasteiger partial charge is 0.353 e. The predicted molar refractivity (Wildman–Crippen MR) is 67.7 cm³/mol. The molecule has 1 N–H and O–H groups in total. The van der Waals surface area contributed by atoms with Gasteiger partial charge in [0.25, 0.3) is 0 Å². The Balaban J connectivity index is 2.55. The first-order valence-electron chi connectivity index (χ1n) is 5.70. The molecule has 0 heterocycles. The summed E-state index contributed by atoms with van der Waals surface area (Å²) in [4.78, 5) is 11.7. The van der Waals surface area contributed by atoms with Crippen molar-refractivity contribution in [1.82, 2.24) is 5.32 Å². The molecule has 0 fully saturated rings. The second kappa shape index (κ2) is 6.54. The number of carbonyl (C=O) groups excluding carboxylic acids is 1. The summed E-state index contributed by atoms with van der Waals surface area (Å²) in [6.07, 6.45) is 2.28. The van der Waals surface area contributed by atoms with Gasteiger partial charge in [0, 0.05) is 11.1 Å². The van der Waals surface area contributed by atoms with Gasteiger partial charge in [-0.25, -0.2) is 0 Å². The first kappa shape index (κ1) is 13.0. The smallest absolute Gasteiger partial charge is 0.224 e. The maximum absolute atomic E-state index is 11.7. The van der Waals surface area contributed by atoms with Crippen LogP contribution in [0.1, 0.15) is 32.3 Å². The summed E-state index contributed by atoms with van der Waals surface area (Å²) < 4.78 is 0. The molecule has 16 heavy (non-hydrogen) atoms. The van der Waals surface area contributed by atoms with E-state index < -0.39 is 0 Å². The maximum atomic E-state index is 11.7. The minimum Gasteiger partial charge on any atom is -0.353 e. The fourth-order valence-corrected chi connectivity index (χ4v) is 1.79. The highest BCUT2D eigenvalue weighted by Crippen LogP contribution is 2.15. The first-order valence-corrected chi connectivity index (χ1v) is 6.07. The molecular formula is C13H18ClNO. The molecule has 0 saturated carbocycles. The lowest BCUT2D eigenvalue weighted by atomic mass is 10.1. The van der Waals surface area contributed by atoms with Gasteiger partial charge in [-0.15, -0.1) is 0 Å². The summed E-state index contributed by atoms with van der Waals surface area (Å²) in [5, 5.41) is 3.65. The van der Waals surface area contributed by atoms with Crippen LogP contribution in [0.2, 0.25) is 5.02 Å². The van der Waals surface area contributed by atoms with Crippen LogP contribution in [-0.4, -0.2) is 11.9 Å². The van der Waals surface area contributed by atoms with E-state index >= 15 is 0 Å². The van der Waals surface area contributed by atoms with Gasteiger partial charge in [-0.1, -0.05) is 43.6 Å². The highest BCUT2D eigenvalue weighted by molar-refractivity contribution is 6.31. The first-order chi connectivity index (χ1) is 7.67. The lowest BCUT2D eigenvalue weighted by Gasteiger charge is -2.14. The summed E-state index contributed by atoms with van der Waals surface area (Å²) >= 11 is 5.99. The van der Waals surface area contributed by atoms with Crippen molar-refractivity contribution in [2.75, 3.05) is 0 Å². The molecular weight excluding hydrogens is 222 g/mol. The normalized spacial score (nSPS) is 10.5. The van der Waals surface area contributed by atoms with Gasteiger partial charge in [0.15, 0.2) is 0 Å². The Hall–Kier alpha value is -1.02. The molecule has 0 atom stereocenters. The zero-order valence-corrected chi connectivity index (χ0v) is 10.6. The topological polar surface area (TPSA) is 29.1 Å². The number of halogens is 1. The number of nitrogens with one attached hydrogen (secondary N) is 1. The van der Waals surface area contributed by atoms with Crippen LogP contribution in [-0.2, 0) is 11.2 Å². The molecule has 1 amide bonds. The van der Waals surface area contributed by atoms with Crippen LogP contribution in [0.25, 0.3) is 0 Å². The Morgan fingerprint density at radius 2 is 1.94 bits per heavy atom. The van der Waals surface area contributed by atoms with E-state index in [2.05, 4.69) is 19.2 Å². The monoisotopic (exact) mass is 239 g/mol. The molecule has 0 aliphatic carbocycles. The zero-order valence-electron chi connectivity index (χ0n) is 9.79. The molecule has 88 valence electrons. The highest BCUT2D eigenvalue weighted by Gasteiger charge is 2.10. The van der Waals surface area contributed by atoms with E-state index in [1.165, 1.54) is 0 Å². The molecule has 0 saturated heterocycles. The van der Waals surface area contributed by atoms with Crippen molar-refractivity contribution in [3.63, 3.8) is 0 Å². The molecule has 0 aliphatic rings. The lowest BCUT2D eigenvalue weighted by molar-refractivity contribution is -0.121.